The smallest absolute Gasteiger partial charge is 0.0809 e. The van der Waals surface area contributed by atoms with Gasteiger partial charge in [0, 0.05) is 10.4 Å². The lowest BCUT2D eigenvalue weighted by Gasteiger charge is -2.32. The van der Waals surface area contributed by atoms with Crippen molar-refractivity contribution in [3.63, 3.8) is 0 Å². The largest absolute Gasteiger partial charge is 0.109 e. The van der Waals surface area contributed by atoms with Crippen LogP contribution in [-0.4, -0.2) is 8.07 Å². The molecule has 0 radical (unpaired) electrons. The quantitative estimate of drug-likeness (QED) is 0.479. The van der Waals surface area contributed by atoms with Crippen LogP contribution in [0.15, 0.2) is 74.1 Å². The van der Waals surface area contributed by atoms with Gasteiger partial charge in [0.2, 0.25) is 0 Å². The van der Waals surface area contributed by atoms with Crippen LogP contribution in [0, 0.1) is 0 Å². The molecule has 1 aromatic carbocycles. The molecule has 1 aromatic rings. The minimum absolute atomic E-state index is 0.473. The summed E-state index contributed by atoms with van der Waals surface area (Å²) in [6, 6.07) is 6.71. The van der Waals surface area contributed by atoms with E-state index in [1.165, 1.54) is 27.8 Å². The molecule has 0 saturated carbocycles. The van der Waals surface area contributed by atoms with Crippen LogP contribution in [0.4, 0.5) is 0 Å². The van der Waals surface area contributed by atoms with Crippen LogP contribution in [0.25, 0.3) is 6.08 Å². The molecule has 0 aliphatic heterocycles. The Bertz CT molecular complexity index is 891. The molecule has 24 heavy (non-hydrogen) atoms. The first kappa shape index (κ1) is 16.1. The summed E-state index contributed by atoms with van der Waals surface area (Å²) < 4.78 is 1.16. The van der Waals surface area contributed by atoms with Crippen molar-refractivity contribution in [1.82, 2.24) is 0 Å². The van der Waals surface area contributed by atoms with Crippen molar-refractivity contribution in [3.8, 4) is 0 Å². The molecule has 0 aromatic heterocycles. The van der Waals surface area contributed by atoms with Gasteiger partial charge in [-0.15, -0.1) is 0 Å². The molecular formula is C22H23BrSi. The molecule has 0 N–H and O–H groups in total. The standard InChI is InChI=1S/C22H23BrSi/c1-14-11-20-15(2)19-10-9-17(23)12-16(19)13-21(20)22(14)24(3,4)18-7-5-6-8-18/h5-7,9-13,15H,8H2,1-4H3. The zero-order chi connectivity index (χ0) is 17.1. The highest BCUT2D eigenvalue weighted by molar-refractivity contribution is 9.10. The number of hydrogen-bond donors (Lipinski definition) is 0. The van der Waals surface area contributed by atoms with Crippen molar-refractivity contribution in [2.24, 2.45) is 0 Å². The topological polar surface area (TPSA) is 0 Å². The fourth-order valence-electron chi connectivity index (χ4n) is 4.54. The summed E-state index contributed by atoms with van der Waals surface area (Å²) in [4.78, 5) is 0. The molecule has 0 amide bonds. The molecule has 122 valence electrons. The van der Waals surface area contributed by atoms with Crippen LogP contribution in [0.1, 0.15) is 37.3 Å². The van der Waals surface area contributed by atoms with Crippen molar-refractivity contribution in [2.75, 3.05) is 0 Å². The number of allylic oxidation sites excluding steroid dienone is 9. The van der Waals surface area contributed by atoms with E-state index in [1.807, 2.05) is 0 Å². The highest BCUT2D eigenvalue weighted by atomic mass is 79.9. The van der Waals surface area contributed by atoms with Crippen molar-refractivity contribution >= 4 is 30.1 Å². The third-order valence-electron chi connectivity index (χ3n) is 5.83. The first-order valence-electron chi connectivity index (χ1n) is 8.70. The summed E-state index contributed by atoms with van der Waals surface area (Å²) in [5, 5.41) is 3.30. The first-order chi connectivity index (χ1) is 11.4. The zero-order valence-corrected chi connectivity index (χ0v) is 17.4. The minimum atomic E-state index is -1.63. The number of hydrogen-bond acceptors (Lipinski definition) is 0. The van der Waals surface area contributed by atoms with Crippen LogP contribution in [0.2, 0.25) is 13.1 Å². The number of rotatable bonds is 2. The molecule has 3 aliphatic carbocycles. The maximum atomic E-state index is 3.64. The lowest BCUT2D eigenvalue weighted by atomic mass is 9.81. The Hall–Kier alpha value is -1.38. The fourth-order valence-corrected chi connectivity index (χ4v) is 8.33. The molecule has 0 fully saturated rings. The molecule has 1 unspecified atom stereocenters. The third kappa shape index (κ3) is 2.31. The van der Waals surface area contributed by atoms with E-state index < -0.39 is 8.07 Å². The van der Waals surface area contributed by atoms with Gasteiger partial charge in [-0.05, 0) is 59.0 Å². The van der Waals surface area contributed by atoms with Crippen LogP contribution < -0.4 is 0 Å². The molecule has 0 saturated heterocycles. The second-order valence-corrected chi connectivity index (χ2v) is 13.0. The Morgan fingerprint density at radius 2 is 1.96 bits per heavy atom. The molecule has 4 rings (SSSR count). The van der Waals surface area contributed by atoms with E-state index in [2.05, 4.69) is 91.5 Å². The average Bonchev–Trinajstić information content (AvgIpc) is 3.15. The summed E-state index contributed by atoms with van der Waals surface area (Å²) in [6.07, 6.45) is 12.9. The highest BCUT2D eigenvalue weighted by Gasteiger charge is 2.39. The predicted octanol–water partition coefficient (Wildman–Crippen LogP) is 6.88. The van der Waals surface area contributed by atoms with E-state index in [0.29, 0.717) is 5.92 Å². The van der Waals surface area contributed by atoms with Gasteiger partial charge in [0.1, 0.15) is 8.07 Å². The molecule has 3 aliphatic rings. The second-order valence-electron chi connectivity index (χ2n) is 7.66. The van der Waals surface area contributed by atoms with Gasteiger partial charge in [-0.25, -0.2) is 0 Å². The first-order valence-corrected chi connectivity index (χ1v) is 12.5. The van der Waals surface area contributed by atoms with Gasteiger partial charge < -0.3 is 0 Å². The predicted molar refractivity (Wildman–Crippen MR) is 111 cm³/mol. The third-order valence-corrected chi connectivity index (χ3v) is 10.2. The molecule has 2 heteroatoms. The summed E-state index contributed by atoms with van der Waals surface area (Å²) in [7, 11) is -1.63. The van der Waals surface area contributed by atoms with E-state index >= 15 is 0 Å². The number of fused-ring (bicyclic) bond motifs is 2. The second kappa shape index (κ2) is 5.57. The number of benzene rings is 1. The van der Waals surface area contributed by atoms with Crippen molar-refractivity contribution < 1.29 is 0 Å². The van der Waals surface area contributed by atoms with E-state index in [0.717, 1.165) is 10.9 Å². The maximum Gasteiger partial charge on any atom is 0.109 e. The Labute approximate surface area is 154 Å². The van der Waals surface area contributed by atoms with Gasteiger partial charge in [-0.2, -0.15) is 0 Å². The van der Waals surface area contributed by atoms with Crippen LogP contribution in [0.3, 0.4) is 0 Å². The maximum absolute atomic E-state index is 3.64. The monoisotopic (exact) mass is 394 g/mol. The molecule has 0 heterocycles. The minimum Gasteiger partial charge on any atom is -0.0809 e. The lowest BCUT2D eigenvalue weighted by molar-refractivity contribution is 0.900. The van der Waals surface area contributed by atoms with Crippen LogP contribution in [-0.2, 0) is 0 Å². The van der Waals surface area contributed by atoms with Crippen molar-refractivity contribution in [3.05, 3.63) is 85.2 Å². The van der Waals surface area contributed by atoms with Gasteiger partial charge >= 0.3 is 0 Å². The van der Waals surface area contributed by atoms with Crippen molar-refractivity contribution in [2.45, 2.75) is 39.3 Å². The van der Waals surface area contributed by atoms with Crippen LogP contribution >= 0.6 is 15.9 Å². The van der Waals surface area contributed by atoms with Crippen LogP contribution in [0.5, 0.6) is 0 Å². The van der Waals surface area contributed by atoms with Gasteiger partial charge in [-0.1, -0.05) is 77.1 Å². The highest BCUT2D eigenvalue weighted by Crippen LogP contribution is 2.49. The molecule has 0 nitrogen and oxygen atoms in total. The zero-order valence-electron chi connectivity index (χ0n) is 14.8. The Morgan fingerprint density at radius 3 is 2.67 bits per heavy atom. The normalized spacial score (nSPS) is 22.2. The number of halogens is 1. The molecule has 1 atom stereocenters. The van der Waals surface area contributed by atoms with E-state index in [9.17, 15) is 0 Å². The summed E-state index contributed by atoms with van der Waals surface area (Å²) in [5.41, 5.74) is 7.34. The SMILES string of the molecule is CC1=C([Si](C)(C)C2=CC=CC2)C2=Cc3cc(Br)ccc3C(C)C2=C1. The van der Waals surface area contributed by atoms with Crippen molar-refractivity contribution in [1.29, 1.82) is 0 Å². The van der Waals surface area contributed by atoms with E-state index in [4.69, 9.17) is 0 Å². The molecule has 0 spiro atoms. The molecule has 0 bridgehead atoms. The Kier molecular flexibility index (Phi) is 3.74. The van der Waals surface area contributed by atoms with Gasteiger partial charge in [-0.3, -0.25) is 0 Å². The summed E-state index contributed by atoms with van der Waals surface area (Å²) >= 11 is 3.64. The Balaban J connectivity index is 1.86. The summed E-state index contributed by atoms with van der Waals surface area (Å²) in [6.45, 7) is 9.70. The van der Waals surface area contributed by atoms with Gasteiger partial charge in [0.25, 0.3) is 0 Å². The summed E-state index contributed by atoms with van der Waals surface area (Å²) in [5.74, 6) is 0.473. The molecular weight excluding hydrogens is 372 g/mol. The van der Waals surface area contributed by atoms with Gasteiger partial charge in [0.05, 0.1) is 0 Å². The van der Waals surface area contributed by atoms with E-state index in [1.54, 1.807) is 10.4 Å². The van der Waals surface area contributed by atoms with Gasteiger partial charge in [0.15, 0.2) is 0 Å². The fraction of sp³-hybridized carbons (Fsp3) is 0.273. The average molecular weight is 395 g/mol. The Morgan fingerprint density at radius 1 is 1.17 bits per heavy atom. The lowest BCUT2D eigenvalue weighted by Crippen LogP contribution is -2.33. The van der Waals surface area contributed by atoms with E-state index in [-0.39, 0.29) is 0 Å².